The fourth-order valence-corrected chi connectivity index (χ4v) is 2.94. The number of nitrogens with one attached hydrogen (secondary N) is 1. The Hall–Kier alpha value is -0.750. The Labute approximate surface area is 149 Å². The predicted octanol–water partition coefficient (Wildman–Crippen LogP) is 5.16. The third kappa shape index (κ3) is 4.13. The number of carbonyl (C=O) groups excluding carboxylic acids is 1. The summed E-state index contributed by atoms with van der Waals surface area (Å²) < 4.78 is 1.47. The molecule has 0 aliphatic rings. The largest absolute Gasteiger partial charge is 0.370 e. The lowest BCUT2D eigenvalue weighted by atomic mass is 10.1. The van der Waals surface area contributed by atoms with Crippen LogP contribution in [0.25, 0.3) is 0 Å². The van der Waals surface area contributed by atoms with Gasteiger partial charge < -0.3 is 11.1 Å². The van der Waals surface area contributed by atoms with E-state index in [4.69, 9.17) is 28.9 Å². The summed E-state index contributed by atoms with van der Waals surface area (Å²) in [4.78, 5) is 11.8. The molecule has 0 saturated heterocycles. The molecule has 0 aliphatic carbocycles. The van der Waals surface area contributed by atoms with Gasteiger partial charge in [-0.05, 0) is 57.9 Å². The van der Waals surface area contributed by atoms with Gasteiger partial charge in [0.25, 0.3) is 0 Å². The molecule has 0 aromatic heterocycles. The molecule has 0 aliphatic heterocycles. The third-order valence-electron chi connectivity index (χ3n) is 2.78. The minimum Gasteiger partial charge on any atom is -0.370 e. The summed E-state index contributed by atoms with van der Waals surface area (Å²) in [7, 11) is 0. The van der Waals surface area contributed by atoms with Gasteiger partial charge in [-0.25, -0.2) is 0 Å². The van der Waals surface area contributed by atoms with Crippen LogP contribution in [0.2, 0.25) is 10.0 Å². The number of hydrogen-bond acceptors (Lipinski definition) is 2. The highest BCUT2D eigenvalue weighted by atomic mass is 79.9. The van der Waals surface area contributed by atoms with Crippen LogP contribution in [0.3, 0.4) is 0 Å². The third-order valence-corrected chi connectivity index (χ3v) is 4.96. The van der Waals surface area contributed by atoms with Gasteiger partial charge in [0.05, 0.1) is 5.02 Å². The van der Waals surface area contributed by atoms with Crippen molar-refractivity contribution in [1.82, 2.24) is 0 Å². The molecule has 1 atom stereocenters. The Kier molecular flexibility index (Phi) is 5.54. The van der Waals surface area contributed by atoms with Gasteiger partial charge in [-0.15, -0.1) is 0 Å². The quantitative estimate of drug-likeness (QED) is 0.673. The van der Waals surface area contributed by atoms with E-state index in [1.54, 1.807) is 36.4 Å². The molecule has 1 unspecified atom stereocenters. The molecule has 110 valence electrons. The monoisotopic (exact) mass is 450 g/mol. The molecular formula is C14H10Br2Cl2N2O. The Morgan fingerprint density at radius 1 is 1.10 bits per heavy atom. The lowest BCUT2D eigenvalue weighted by Crippen LogP contribution is -2.28. The van der Waals surface area contributed by atoms with Crippen molar-refractivity contribution in [2.75, 3.05) is 5.32 Å². The Morgan fingerprint density at radius 3 is 2.43 bits per heavy atom. The molecule has 1 amide bonds. The van der Waals surface area contributed by atoms with E-state index in [9.17, 15) is 4.79 Å². The van der Waals surface area contributed by atoms with Crippen LogP contribution in [0.1, 0.15) is 11.6 Å². The summed E-state index contributed by atoms with van der Waals surface area (Å²) in [5.74, 6) is -0.510. The molecule has 21 heavy (non-hydrogen) atoms. The van der Waals surface area contributed by atoms with E-state index >= 15 is 0 Å². The van der Waals surface area contributed by atoms with Crippen LogP contribution in [-0.2, 0) is 4.79 Å². The van der Waals surface area contributed by atoms with Crippen LogP contribution in [0.5, 0.6) is 0 Å². The lowest BCUT2D eigenvalue weighted by Gasteiger charge is -2.19. The van der Waals surface area contributed by atoms with Crippen LogP contribution in [0.4, 0.5) is 5.69 Å². The summed E-state index contributed by atoms with van der Waals surface area (Å²) in [5.41, 5.74) is 6.88. The topological polar surface area (TPSA) is 55.1 Å². The van der Waals surface area contributed by atoms with Gasteiger partial charge in [-0.3, -0.25) is 4.79 Å². The molecule has 0 radical (unpaired) electrons. The number of primary amides is 1. The molecule has 3 nitrogen and oxygen atoms in total. The second kappa shape index (κ2) is 7.01. The summed E-state index contributed by atoms with van der Waals surface area (Å²) in [6.45, 7) is 0. The Balaban J connectivity index is 2.37. The van der Waals surface area contributed by atoms with Crippen LogP contribution in [0.15, 0.2) is 45.3 Å². The number of carbonyl (C=O) groups is 1. The molecule has 2 aromatic rings. The van der Waals surface area contributed by atoms with Gasteiger partial charge in [0.15, 0.2) is 0 Å². The minimum atomic E-state index is -0.717. The van der Waals surface area contributed by atoms with E-state index in [1.807, 2.05) is 0 Å². The van der Waals surface area contributed by atoms with Gasteiger partial charge in [0.1, 0.15) is 6.04 Å². The normalized spacial score (nSPS) is 12.0. The molecule has 3 N–H and O–H groups in total. The molecule has 2 rings (SSSR count). The molecule has 0 spiro atoms. The van der Waals surface area contributed by atoms with E-state index in [1.165, 1.54) is 0 Å². The van der Waals surface area contributed by atoms with Crippen molar-refractivity contribution in [2.24, 2.45) is 5.73 Å². The fraction of sp³-hybridized carbons (Fsp3) is 0.0714. The first-order valence-electron chi connectivity index (χ1n) is 5.84. The zero-order chi connectivity index (χ0) is 15.6. The number of rotatable bonds is 4. The number of amides is 1. The van der Waals surface area contributed by atoms with Crippen molar-refractivity contribution < 1.29 is 4.79 Å². The summed E-state index contributed by atoms with van der Waals surface area (Å²) >= 11 is 18.7. The average molecular weight is 453 g/mol. The second-order valence-electron chi connectivity index (χ2n) is 4.27. The van der Waals surface area contributed by atoms with Gasteiger partial charge in [0.2, 0.25) is 5.91 Å². The van der Waals surface area contributed by atoms with Crippen molar-refractivity contribution in [3.05, 3.63) is 61.0 Å². The van der Waals surface area contributed by atoms with E-state index in [0.717, 1.165) is 8.95 Å². The SMILES string of the molecule is NC(=O)C(Nc1ccc(Cl)c(Br)c1)c1cc(Cl)ccc1Br. The first-order valence-corrected chi connectivity index (χ1v) is 8.18. The smallest absolute Gasteiger partial charge is 0.244 e. The highest BCUT2D eigenvalue weighted by Crippen LogP contribution is 2.31. The van der Waals surface area contributed by atoms with Gasteiger partial charge in [-0.2, -0.15) is 0 Å². The minimum absolute atomic E-state index is 0.510. The van der Waals surface area contributed by atoms with Crippen molar-refractivity contribution in [3.8, 4) is 0 Å². The summed E-state index contributed by atoms with van der Waals surface area (Å²) in [6, 6.07) is 9.74. The van der Waals surface area contributed by atoms with E-state index in [0.29, 0.717) is 21.3 Å². The van der Waals surface area contributed by atoms with Crippen molar-refractivity contribution in [1.29, 1.82) is 0 Å². The molecule has 0 bridgehead atoms. The first-order chi connectivity index (χ1) is 9.88. The van der Waals surface area contributed by atoms with Crippen molar-refractivity contribution in [2.45, 2.75) is 6.04 Å². The van der Waals surface area contributed by atoms with Gasteiger partial charge in [-0.1, -0.05) is 39.1 Å². The number of hydrogen-bond donors (Lipinski definition) is 2. The van der Waals surface area contributed by atoms with E-state index < -0.39 is 11.9 Å². The van der Waals surface area contributed by atoms with Gasteiger partial charge >= 0.3 is 0 Å². The number of benzene rings is 2. The maximum Gasteiger partial charge on any atom is 0.244 e. The zero-order valence-corrected chi connectivity index (χ0v) is 15.2. The number of halogens is 4. The molecule has 2 aromatic carbocycles. The standard InChI is InChI=1S/C14H10Br2Cl2N2O/c15-10-3-1-7(17)5-9(10)13(14(19)21)20-8-2-4-12(18)11(16)6-8/h1-6,13,20H,(H2,19,21). The van der Waals surface area contributed by atoms with Crippen LogP contribution in [-0.4, -0.2) is 5.91 Å². The van der Waals surface area contributed by atoms with Crippen LogP contribution >= 0.6 is 55.1 Å². The maximum atomic E-state index is 11.8. The molecular weight excluding hydrogens is 443 g/mol. The summed E-state index contributed by atoms with van der Waals surface area (Å²) in [5, 5.41) is 4.19. The Morgan fingerprint density at radius 2 is 1.81 bits per heavy atom. The highest BCUT2D eigenvalue weighted by Gasteiger charge is 2.21. The number of anilines is 1. The van der Waals surface area contributed by atoms with E-state index in [2.05, 4.69) is 37.2 Å². The number of nitrogens with two attached hydrogens (primary N) is 1. The van der Waals surface area contributed by atoms with Crippen molar-refractivity contribution >= 4 is 66.7 Å². The summed E-state index contributed by atoms with van der Waals surface area (Å²) in [6.07, 6.45) is 0. The first kappa shape index (κ1) is 16.6. The lowest BCUT2D eigenvalue weighted by molar-refractivity contribution is -0.118. The zero-order valence-electron chi connectivity index (χ0n) is 10.5. The molecule has 0 saturated carbocycles. The molecule has 0 fully saturated rings. The predicted molar refractivity (Wildman–Crippen MR) is 93.9 cm³/mol. The molecule has 7 heteroatoms. The molecule has 0 heterocycles. The second-order valence-corrected chi connectivity index (χ2v) is 6.83. The van der Waals surface area contributed by atoms with Crippen molar-refractivity contribution in [3.63, 3.8) is 0 Å². The fourth-order valence-electron chi connectivity index (χ4n) is 1.79. The Bertz CT molecular complexity index is 695. The maximum absolute atomic E-state index is 11.8. The highest BCUT2D eigenvalue weighted by molar-refractivity contribution is 9.10. The van der Waals surface area contributed by atoms with Gasteiger partial charge in [0, 0.05) is 19.7 Å². The van der Waals surface area contributed by atoms with Crippen LogP contribution in [0, 0.1) is 0 Å². The van der Waals surface area contributed by atoms with E-state index in [-0.39, 0.29) is 0 Å². The van der Waals surface area contributed by atoms with Crippen LogP contribution < -0.4 is 11.1 Å². The average Bonchev–Trinajstić information content (AvgIpc) is 2.42.